The molecular formula is C21H24N4O2. The molecule has 1 aromatic carbocycles. The number of aromatic nitrogens is 3. The van der Waals surface area contributed by atoms with Gasteiger partial charge in [-0.15, -0.1) is 0 Å². The van der Waals surface area contributed by atoms with Crippen LogP contribution in [0.3, 0.4) is 0 Å². The third kappa shape index (κ3) is 3.79. The molecule has 2 aromatic heterocycles. The average molecular weight is 364 g/mol. The molecule has 2 heterocycles. The molecule has 1 aliphatic carbocycles. The molecule has 0 bridgehead atoms. The minimum absolute atomic E-state index is 0.232. The number of hydrogen-bond donors (Lipinski definition) is 2. The minimum Gasteiger partial charge on any atom is -0.329 e. The first-order chi connectivity index (χ1) is 13.1. The van der Waals surface area contributed by atoms with E-state index >= 15 is 0 Å². The van der Waals surface area contributed by atoms with E-state index < -0.39 is 0 Å². The van der Waals surface area contributed by atoms with Crippen molar-refractivity contribution in [3.63, 3.8) is 0 Å². The molecule has 0 radical (unpaired) electrons. The first-order valence-electron chi connectivity index (χ1n) is 9.57. The number of nitrogens with zero attached hydrogens (tertiary/aromatic N) is 2. The molecule has 0 atom stereocenters. The largest absolute Gasteiger partial charge is 0.329 e. The number of hydrogen-bond acceptors (Lipinski definition) is 3. The van der Waals surface area contributed by atoms with Crippen molar-refractivity contribution in [3.8, 4) is 0 Å². The summed E-state index contributed by atoms with van der Waals surface area (Å²) in [6.07, 6.45) is 7.69. The number of amides is 1. The fourth-order valence-electron chi connectivity index (χ4n) is 3.94. The fourth-order valence-corrected chi connectivity index (χ4v) is 3.94. The summed E-state index contributed by atoms with van der Waals surface area (Å²) in [5.74, 6) is 0.324. The maximum Gasteiger partial charge on any atom is 0.274 e. The minimum atomic E-state index is -0.246. The zero-order valence-corrected chi connectivity index (χ0v) is 15.5. The number of nitrogens with one attached hydrogen (secondary N) is 2. The number of benzene rings is 1. The molecule has 1 aliphatic rings. The van der Waals surface area contributed by atoms with Crippen LogP contribution in [0.4, 0.5) is 5.69 Å². The standard InChI is InChI=1S/C21H24N4O2/c1-14-7-8-18-17(11-14)20(21(27)23-16-9-10-22-19(26)12-16)25(24-18)13-15-5-3-2-4-6-15/h7-12,15H,2-6,13H2,1H3,(H2,22,23,26,27). The average Bonchev–Trinajstić information content (AvgIpc) is 2.99. The molecule has 1 saturated carbocycles. The van der Waals surface area contributed by atoms with Gasteiger partial charge in [0.2, 0.25) is 5.56 Å². The molecule has 6 nitrogen and oxygen atoms in total. The summed E-state index contributed by atoms with van der Waals surface area (Å²) in [5.41, 5.74) is 2.72. The summed E-state index contributed by atoms with van der Waals surface area (Å²) in [4.78, 5) is 27.2. The Hall–Kier alpha value is -2.89. The first kappa shape index (κ1) is 17.5. The number of carbonyl (C=O) groups is 1. The second kappa shape index (κ2) is 7.39. The molecule has 0 aliphatic heterocycles. The van der Waals surface area contributed by atoms with Crippen LogP contribution < -0.4 is 10.9 Å². The Bertz CT molecular complexity index is 1030. The van der Waals surface area contributed by atoms with E-state index in [2.05, 4.69) is 10.3 Å². The number of aromatic amines is 1. The van der Waals surface area contributed by atoms with Crippen molar-refractivity contribution < 1.29 is 4.79 Å². The predicted octanol–water partition coefficient (Wildman–Crippen LogP) is 3.87. The second-order valence-corrected chi connectivity index (χ2v) is 7.45. The van der Waals surface area contributed by atoms with Crippen LogP contribution in [0.2, 0.25) is 0 Å². The highest BCUT2D eigenvalue weighted by atomic mass is 16.2. The Morgan fingerprint density at radius 3 is 2.81 bits per heavy atom. The van der Waals surface area contributed by atoms with Crippen molar-refractivity contribution >= 4 is 22.5 Å². The van der Waals surface area contributed by atoms with E-state index in [0.29, 0.717) is 17.3 Å². The third-order valence-corrected chi connectivity index (χ3v) is 5.30. The zero-order chi connectivity index (χ0) is 18.8. The summed E-state index contributed by atoms with van der Waals surface area (Å²) in [6.45, 7) is 2.77. The maximum absolute atomic E-state index is 13.1. The summed E-state index contributed by atoms with van der Waals surface area (Å²) in [6, 6.07) is 9.04. The summed E-state index contributed by atoms with van der Waals surface area (Å²) < 4.78 is 1.86. The Morgan fingerprint density at radius 2 is 2.04 bits per heavy atom. The monoisotopic (exact) mass is 364 g/mol. The Labute approximate surface area is 157 Å². The maximum atomic E-state index is 13.1. The van der Waals surface area contributed by atoms with E-state index in [1.165, 1.54) is 44.4 Å². The summed E-state index contributed by atoms with van der Waals surface area (Å²) in [5, 5.41) is 8.43. The van der Waals surface area contributed by atoms with Crippen molar-refractivity contribution in [1.82, 2.24) is 14.8 Å². The van der Waals surface area contributed by atoms with E-state index in [0.717, 1.165) is 23.0 Å². The molecule has 3 aromatic rings. The lowest BCUT2D eigenvalue weighted by atomic mass is 9.89. The number of H-pyrrole nitrogens is 1. The van der Waals surface area contributed by atoms with Gasteiger partial charge < -0.3 is 10.3 Å². The lowest BCUT2D eigenvalue weighted by molar-refractivity contribution is 0.101. The Morgan fingerprint density at radius 1 is 1.22 bits per heavy atom. The van der Waals surface area contributed by atoms with Gasteiger partial charge in [0.15, 0.2) is 0 Å². The van der Waals surface area contributed by atoms with E-state index in [4.69, 9.17) is 5.10 Å². The first-order valence-corrected chi connectivity index (χ1v) is 9.57. The number of fused-ring (bicyclic) bond motifs is 1. The Balaban J connectivity index is 1.71. The lowest BCUT2D eigenvalue weighted by Gasteiger charge is -2.22. The lowest BCUT2D eigenvalue weighted by Crippen LogP contribution is -2.22. The van der Waals surface area contributed by atoms with Crippen molar-refractivity contribution in [2.75, 3.05) is 5.32 Å². The number of rotatable bonds is 4. The van der Waals surface area contributed by atoms with E-state index in [1.54, 1.807) is 6.07 Å². The van der Waals surface area contributed by atoms with Crippen LogP contribution >= 0.6 is 0 Å². The normalized spacial score (nSPS) is 15.1. The van der Waals surface area contributed by atoms with Gasteiger partial charge in [0.05, 0.1) is 5.52 Å². The van der Waals surface area contributed by atoms with E-state index in [-0.39, 0.29) is 11.5 Å². The van der Waals surface area contributed by atoms with Crippen molar-refractivity contribution in [1.29, 1.82) is 0 Å². The smallest absolute Gasteiger partial charge is 0.274 e. The van der Waals surface area contributed by atoms with Crippen LogP contribution in [-0.4, -0.2) is 20.7 Å². The third-order valence-electron chi connectivity index (χ3n) is 5.30. The topological polar surface area (TPSA) is 79.8 Å². The van der Waals surface area contributed by atoms with Gasteiger partial charge in [-0.1, -0.05) is 30.9 Å². The predicted molar refractivity (Wildman–Crippen MR) is 106 cm³/mol. The van der Waals surface area contributed by atoms with Gasteiger partial charge in [0.1, 0.15) is 5.69 Å². The molecule has 4 rings (SSSR count). The van der Waals surface area contributed by atoms with Gasteiger partial charge in [0.25, 0.3) is 5.91 Å². The second-order valence-electron chi connectivity index (χ2n) is 7.45. The van der Waals surface area contributed by atoms with Crippen LogP contribution in [0.25, 0.3) is 10.9 Å². The quantitative estimate of drug-likeness (QED) is 0.737. The molecule has 0 saturated heterocycles. The van der Waals surface area contributed by atoms with Crippen molar-refractivity contribution in [2.45, 2.75) is 45.6 Å². The van der Waals surface area contributed by atoms with Gasteiger partial charge in [-0.05, 0) is 43.9 Å². The molecule has 140 valence electrons. The van der Waals surface area contributed by atoms with E-state index in [1.807, 2.05) is 29.8 Å². The highest BCUT2D eigenvalue weighted by Crippen LogP contribution is 2.28. The molecule has 1 amide bonds. The SMILES string of the molecule is Cc1ccc2nn(CC3CCCCC3)c(C(=O)Nc3cc[nH]c(=O)c3)c2c1. The van der Waals surface area contributed by atoms with E-state index in [9.17, 15) is 9.59 Å². The van der Waals surface area contributed by atoms with Crippen LogP contribution in [-0.2, 0) is 6.54 Å². The fraction of sp³-hybridized carbons (Fsp3) is 0.381. The number of aryl methyl sites for hydroxylation is 1. The van der Waals surface area contributed by atoms with Crippen molar-refractivity contribution in [2.24, 2.45) is 5.92 Å². The highest BCUT2D eigenvalue weighted by molar-refractivity contribution is 6.11. The van der Waals surface area contributed by atoms with Gasteiger partial charge in [-0.2, -0.15) is 5.10 Å². The molecule has 0 spiro atoms. The molecular weight excluding hydrogens is 340 g/mol. The molecule has 1 fully saturated rings. The van der Waals surface area contributed by atoms with Gasteiger partial charge in [0, 0.05) is 29.9 Å². The summed E-state index contributed by atoms with van der Waals surface area (Å²) >= 11 is 0. The number of carbonyl (C=O) groups excluding carboxylic acids is 1. The highest BCUT2D eigenvalue weighted by Gasteiger charge is 2.22. The molecule has 27 heavy (non-hydrogen) atoms. The molecule has 2 N–H and O–H groups in total. The number of pyridine rings is 1. The van der Waals surface area contributed by atoms with Crippen LogP contribution in [0.15, 0.2) is 41.3 Å². The van der Waals surface area contributed by atoms with Crippen LogP contribution in [0.5, 0.6) is 0 Å². The van der Waals surface area contributed by atoms with Crippen LogP contribution in [0, 0.1) is 12.8 Å². The summed E-state index contributed by atoms with van der Waals surface area (Å²) in [7, 11) is 0. The van der Waals surface area contributed by atoms with Crippen LogP contribution in [0.1, 0.15) is 48.2 Å². The van der Waals surface area contributed by atoms with Gasteiger partial charge in [-0.25, -0.2) is 0 Å². The zero-order valence-electron chi connectivity index (χ0n) is 15.5. The van der Waals surface area contributed by atoms with Gasteiger partial charge in [-0.3, -0.25) is 14.3 Å². The molecule has 0 unspecified atom stereocenters. The van der Waals surface area contributed by atoms with Gasteiger partial charge >= 0.3 is 0 Å². The van der Waals surface area contributed by atoms with Crippen molar-refractivity contribution in [3.05, 3.63) is 58.1 Å². The Kier molecular flexibility index (Phi) is 4.79. The number of anilines is 1. The molecule has 6 heteroatoms.